The van der Waals surface area contributed by atoms with Gasteiger partial charge in [-0.15, -0.1) is 0 Å². The van der Waals surface area contributed by atoms with E-state index in [2.05, 4.69) is 58.0 Å². The van der Waals surface area contributed by atoms with E-state index in [1.165, 1.54) is 5.56 Å². The molecule has 0 atom stereocenters. The van der Waals surface area contributed by atoms with Crippen LogP contribution in [0, 0.1) is 25.7 Å². The number of benzene rings is 1. The van der Waals surface area contributed by atoms with Gasteiger partial charge in [0.25, 0.3) is 0 Å². The largest absolute Gasteiger partial charge is 0.481 e. The van der Waals surface area contributed by atoms with E-state index in [4.69, 9.17) is 4.74 Å². The van der Waals surface area contributed by atoms with E-state index in [0.717, 1.165) is 38.5 Å². The Hall–Kier alpha value is -3.45. The van der Waals surface area contributed by atoms with Crippen molar-refractivity contribution in [2.45, 2.75) is 13.8 Å². The summed E-state index contributed by atoms with van der Waals surface area (Å²) in [4.78, 5) is 13.2. The van der Waals surface area contributed by atoms with E-state index in [1.54, 1.807) is 19.5 Å². The highest BCUT2D eigenvalue weighted by Crippen LogP contribution is 2.23. The molecule has 0 amide bonds. The Labute approximate surface area is 151 Å². The summed E-state index contributed by atoms with van der Waals surface area (Å²) < 4.78 is 5.14. The van der Waals surface area contributed by atoms with Gasteiger partial charge in [0.05, 0.1) is 24.3 Å². The molecule has 4 heteroatoms. The van der Waals surface area contributed by atoms with Gasteiger partial charge in [0, 0.05) is 40.4 Å². The first kappa shape index (κ1) is 16.0. The molecule has 0 aliphatic rings. The molecule has 0 unspecified atom stereocenters. The van der Waals surface area contributed by atoms with Crippen LogP contribution in [0.15, 0.2) is 48.9 Å². The fraction of sp³-hybridized carbons (Fsp3) is 0.136. The Morgan fingerprint density at radius 3 is 2.46 bits per heavy atom. The third-order valence-electron chi connectivity index (χ3n) is 4.32. The van der Waals surface area contributed by atoms with Gasteiger partial charge in [-0.05, 0) is 37.1 Å². The lowest BCUT2D eigenvalue weighted by Crippen LogP contribution is -1.91. The smallest absolute Gasteiger partial charge is 0.213 e. The Balaban J connectivity index is 1.80. The van der Waals surface area contributed by atoms with Crippen molar-refractivity contribution >= 4 is 21.8 Å². The zero-order valence-corrected chi connectivity index (χ0v) is 14.9. The van der Waals surface area contributed by atoms with Crippen molar-refractivity contribution in [1.29, 1.82) is 0 Å². The number of pyridine rings is 3. The zero-order chi connectivity index (χ0) is 18.1. The fourth-order valence-electron chi connectivity index (χ4n) is 2.88. The van der Waals surface area contributed by atoms with Crippen LogP contribution < -0.4 is 4.74 Å². The highest BCUT2D eigenvalue weighted by atomic mass is 16.5. The number of nitrogens with zero attached hydrogens (tertiary/aromatic N) is 3. The number of ether oxygens (including phenoxy) is 1. The van der Waals surface area contributed by atoms with E-state index in [9.17, 15) is 0 Å². The molecular weight excluding hydrogens is 322 g/mol. The summed E-state index contributed by atoms with van der Waals surface area (Å²) in [5.41, 5.74) is 5.80. The number of hydrogen-bond donors (Lipinski definition) is 0. The van der Waals surface area contributed by atoms with Crippen LogP contribution in [0.4, 0.5) is 0 Å². The molecule has 4 rings (SSSR count). The van der Waals surface area contributed by atoms with Gasteiger partial charge in [-0.1, -0.05) is 24.0 Å². The minimum Gasteiger partial charge on any atom is -0.481 e. The highest BCUT2D eigenvalue weighted by Gasteiger charge is 2.04. The molecule has 0 saturated heterocycles. The Kier molecular flexibility index (Phi) is 3.98. The van der Waals surface area contributed by atoms with Crippen LogP contribution in [0.2, 0.25) is 0 Å². The molecule has 3 aromatic heterocycles. The minimum atomic E-state index is 0.592. The number of hydrogen-bond acceptors (Lipinski definition) is 4. The minimum absolute atomic E-state index is 0.592. The van der Waals surface area contributed by atoms with Crippen LogP contribution in [0.1, 0.15) is 22.3 Å². The molecule has 4 nitrogen and oxygen atoms in total. The van der Waals surface area contributed by atoms with Crippen LogP contribution in [-0.4, -0.2) is 22.1 Å². The summed E-state index contributed by atoms with van der Waals surface area (Å²) >= 11 is 0. The molecular formula is C22H17N3O. The fourth-order valence-corrected chi connectivity index (χ4v) is 2.88. The van der Waals surface area contributed by atoms with E-state index < -0.39 is 0 Å². The molecule has 1 aromatic carbocycles. The maximum atomic E-state index is 5.14. The molecule has 0 saturated carbocycles. The predicted molar refractivity (Wildman–Crippen MR) is 103 cm³/mol. The topological polar surface area (TPSA) is 47.9 Å². The second kappa shape index (κ2) is 6.45. The van der Waals surface area contributed by atoms with Gasteiger partial charge in [-0.3, -0.25) is 9.97 Å². The second-order valence-electron chi connectivity index (χ2n) is 6.23. The second-order valence-corrected chi connectivity index (χ2v) is 6.23. The summed E-state index contributed by atoms with van der Waals surface area (Å²) in [6.45, 7) is 4.06. The third-order valence-corrected chi connectivity index (χ3v) is 4.32. The van der Waals surface area contributed by atoms with Gasteiger partial charge in [0.2, 0.25) is 5.88 Å². The third kappa shape index (κ3) is 2.96. The van der Waals surface area contributed by atoms with Crippen molar-refractivity contribution in [2.24, 2.45) is 0 Å². The first-order chi connectivity index (χ1) is 12.6. The summed E-state index contributed by atoms with van der Waals surface area (Å²) in [6, 6.07) is 10.2. The van der Waals surface area contributed by atoms with Crippen molar-refractivity contribution < 1.29 is 4.74 Å². The van der Waals surface area contributed by atoms with Crippen LogP contribution in [0.25, 0.3) is 21.8 Å². The van der Waals surface area contributed by atoms with Crippen LogP contribution in [0.3, 0.4) is 0 Å². The number of aryl methyl sites for hydroxylation is 2. The molecule has 126 valence electrons. The van der Waals surface area contributed by atoms with Gasteiger partial charge in [-0.2, -0.15) is 0 Å². The first-order valence-corrected chi connectivity index (χ1v) is 8.32. The van der Waals surface area contributed by atoms with Crippen molar-refractivity contribution in [3.05, 3.63) is 71.2 Å². The molecule has 3 heterocycles. The monoisotopic (exact) mass is 339 g/mol. The lowest BCUT2D eigenvalue weighted by Gasteiger charge is -2.04. The number of methoxy groups -OCH3 is 1. The van der Waals surface area contributed by atoms with Crippen molar-refractivity contribution in [1.82, 2.24) is 15.0 Å². The number of fused-ring (bicyclic) bond motifs is 3. The molecule has 0 aliphatic heterocycles. The molecule has 0 bridgehead atoms. The average Bonchev–Trinajstić information content (AvgIpc) is 2.66. The highest BCUT2D eigenvalue weighted by molar-refractivity contribution is 6.04. The van der Waals surface area contributed by atoms with Crippen molar-refractivity contribution in [3.8, 4) is 17.7 Å². The van der Waals surface area contributed by atoms with Gasteiger partial charge < -0.3 is 4.74 Å². The summed E-state index contributed by atoms with van der Waals surface area (Å²) in [7, 11) is 1.61. The number of rotatable bonds is 1. The van der Waals surface area contributed by atoms with Gasteiger partial charge in [0.1, 0.15) is 0 Å². The van der Waals surface area contributed by atoms with E-state index in [0.29, 0.717) is 5.88 Å². The Bertz CT molecular complexity index is 1200. The molecule has 0 aliphatic carbocycles. The Morgan fingerprint density at radius 2 is 1.65 bits per heavy atom. The van der Waals surface area contributed by atoms with Gasteiger partial charge >= 0.3 is 0 Å². The molecule has 26 heavy (non-hydrogen) atoms. The van der Waals surface area contributed by atoms with Crippen molar-refractivity contribution in [3.63, 3.8) is 0 Å². The summed E-state index contributed by atoms with van der Waals surface area (Å²) in [5.74, 6) is 6.96. The predicted octanol–water partition coefficient (Wildman–Crippen LogP) is 4.20. The maximum Gasteiger partial charge on any atom is 0.213 e. The zero-order valence-electron chi connectivity index (χ0n) is 14.9. The lowest BCUT2D eigenvalue weighted by molar-refractivity contribution is 0.397. The van der Waals surface area contributed by atoms with Gasteiger partial charge in [-0.25, -0.2) is 4.98 Å². The normalized spacial score (nSPS) is 10.6. The lowest BCUT2D eigenvalue weighted by atomic mass is 10.1. The molecule has 0 radical (unpaired) electrons. The van der Waals surface area contributed by atoms with E-state index >= 15 is 0 Å². The van der Waals surface area contributed by atoms with Crippen LogP contribution in [-0.2, 0) is 0 Å². The average molecular weight is 339 g/mol. The maximum absolute atomic E-state index is 5.14. The van der Waals surface area contributed by atoms with E-state index in [-0.39, 0.29) is 0 Å². The van der Waals surface area contributed by atoms with Crippen LogP contribution in [0.5, 0.6) is 5.88 Å². The standard InChI is InChI=1S/C22H17N3O/c1-14-4-7-18-19-10-16(11-23-21(19)13-24-20(18)8-14)5-6-17-12-25-22(26-3)9-15(17)2/h4,7-13H,1-3H3. The van der Waals surface area contributed by atoms with Gasteiger partial charge in [0.15, 0.2) is 0 Å². The SMILES string of the molecule is COc1cc(C)c(C#Cc2cnc3cnc4cc(C)ccc4c3c2)cn1. The first-order valence-electron chi connectivity index (χ1n) is 8.32. The molecule has 4 aromatic rings. The summed E-state index contributed by atoms with van der Waals surface area (Å²) in [6.07, 6.45) is 5.33. The molecule has 0 spiro atoms. The Morgan fingerprint density at radius 1 is 0.808 bits per heavy atom. The summed E-state index contributed by atoms with van der Waals surface area (Å²) in [5, 5.41) is 2.15. The van der Waals surface area contributed by atoms with Crippen molar-refractivity contribution in [2.75, 3.05) is 7.11 Å². The quantitative estimate of drug-likeness (QED) is 0.385. The van der Waals surface area contributed by atoms with Crippen LogP contribution >= 0.6 is 0 Å². The molecule has 0 N–H and O–H groups in total. The molecule has 0 fully saturated rings. The van der Waals surface area contributed by atoms with E-state index in [1.807, 2.05) is 19.2 Å². The number of aromatic nitrogens is 3.